The highest BCUT2D eigenvalue weighted by atomic mass is 14.8. The van der Waals surface area contributed by atoms with E-state index in [4.69, 9.17) is 6.42 Å². The molecule has 2 N–H and O–H groups in total. The van der Waals surface area contributed by atoms with Crippen LogP contribution in [0, 0.1) is 12.3 Å². The lowest BCUT2D eigenvalue weighted by Crippen LogP contribution is -2.14. The molecule has 2 aromatic rings. The van der Waals surface area contributed by atoms with Gasteiger partial charge in [-0.2, -0.15) is 0 Å². The van der Waals surface area contributed by atoms with Crippen molar-refractivity contribution in [2.24, 2.45) is 0 Å². The second-order valence-corrected chi connectivity index (χ2v) is 4.24. The summed E-state index contributed by atoms with van der Waals surface area (Å²) >= 11 is 0. The summed E-state index contributed by atoms with van der Waals surface area (Å²) in [6.07, 6.45) is 10.3. The van der Waals surface area contributed by atoms with Gasteiger partial charge in [0.25, 0.3) is 0 Å². The number of aromatic nitrogens is 1. The fourth-order valence-electron chi connectivity index (χ4n) is 1.92. The molecule has 0 radical (unpaired) electrons. The van der Waals surface area contributed by atoms with Crippen LogP contribution < -0.4 is 5.32 Å². The van der Waals surface area contributed by atoms with Crippen LogP contribution in [0.15, 0.2) is 30.5 Å². The molecule has 0 aliphatic rings. The summed E-state index contributed by atoms with van der Waals surface area (Å²) in [5, 5.41) is 4.71. The quantitative estimate of drug-likeness (QED) is 0.575. The van der Waals surface area contributed by atoms with Crippen LogP contribution >= 0.6 is 0 Å². The molecule has 1 aromatic heterocycles. The number of aromatic amines is 1. The van der Waals surface area contributed by atoms with Crippen LogP contribution in [0.25, 0.3) is 10.9 Å². The van der Waals surface area contributed by atoms with Gasteiger partial charge in [0.15, 0.2) is 0 Å². The molecular formula is C15H18N2. The maximum absolute atomic E-state index is 5.20. The van der Waals surface area contributed by atoms with Crippen molar-refractivity contribution in [3.05, 3.63) is 36.0 Å². The Morgan fingerprint density at radius 1 is 1.24 bits per heavy atom. The smallest absolute Gasteiger partial charge is 0.0454 e. The number of fused-ring (bicyclic) bond motifs is 1. The lowest BCUT2D eigenvalue weighted by Gasteiger charge is -2.04. The fourth-order valence-corrected chi connectivity index (χ4v) is 1.92. The molecule has 0 fully saturated rings. The van der Waals surface area contributed by atoms with Crippen molar-refractivity contribution >= 4 is 10.9 Å². The van der Waals surface area contributed by atoms with Gasteiger partial charge in [0.2, 0.25) is 0 Å². The first-order valence-electron chi connectivity index (χ1n) is 6.10. The highest BCUT2D eigenvalue weighted by Crippen LogP contribution is 2.13. The van der Waals surface area contributed by atoms with Crippen molar-refractivity contribution < 1.29 is 0 Å². The Hall–Kier alpha value is -1.72. The molecule has 0 unspecified atom stereocenters. The number of nitrogens with one attached hydrogen (secondary N) is 2. The van der Waals surface area contributed by atoms with Crippen LogP contribution in [0.2, 0.25) is 0 Å². The molecule has 0 aliphatic carbocycles. The molecule has 0 spiro atoms. The molecule has 2 rings (SSSR count). The molecule has 17 heavy (non-hydrogen) atoms. The van der Waals surface area contributed by atoms with Crippen LogP contribution in [0.1, 0.15) is 24.8 Å². The van der Waals surface area contributed by atoms with Gasteiger partial charge < -0.3 is 10.3 Å². The van der Waals surface area contributed by atoms with Crippen molar-refractivity contribution in [3.63, 3.8) is 0 Å². The fraction of sp³-hybridized carbons (Fsp3) is 0.333. The van der Waals surface area contributed by atoms with E-state index < -0.39 is 0 Å². The molecule has 0 bridgehead atoms. The summed E-state index contributed by atoms with van der Waals surface area (Å²) in [6.45, 7) is 1.96. The summed E-state index contributed by atoms with van der Waals surface area (Å²) in [6, 6.07) is 8.62. The number of H-pyrrole nitrogens is 1. The average molecular weight is 226 g/mol. The Kier molecular flexibility index (Phi) is 4.23. The van der Waals surface area contributed by atoms with Gasteiger partial charge in [0.1, 0.15) is 0 Å². The highest BCUT2D eigenvalue weighted by Gasteiger charge is 1.96. The standard InChI is InChI=1S/C15H18N2/c1-2-3-4-5-9-16-12-13-6-7-15-14(11-13)8-10-17-15/h1,6-8,10-11,16-17H,3-5,9,12H2. The number of rotatable bonds is 6. The zero-order chi connectivity index (χ0) is 11.9. The van der Waals surface area contributed by atoms with Crippen LogP contribution in [0.5, 0.6) is 0 Å². The zero-order valence-electron chi connectivity index (χ0n) is 10.00. The molecule has 0 saturated carbocycles. The van der Waals surface area contributed by atoms with Crippen LogP contribution in [-0.2, 0) is 6.54 Å². The summed E-state index contributed by atoms with van der Waals surface area (Å²) in [7, 11) is 0. The van der Waals surface area contributed by atoms with Gasteiger partial charge in [-0.15, -0.1) is 12.3 Å². The minimum Gasteiger partial charge on any atom is -0.361 e. The van der Waals surface area contributed by atoms with Crippen molar-refractivity contribution in [3.8, 4) is 12.3 Å². The minimum atomic E-state index is 0.886. The SMILES string of the molecule is C#CCCCCNCc1ccc2[nH]ccc2c1. The van der Waals surface area contributed by atoms with Crippen molar-refractivity contribution in [1.29, 1.82) is 0 Å². The van der Waals surface area contributed by atoms with Gasteiger partial charge in [0.05, 0.1) is 0 Å². The van der Waals surface area contributed by atoms with Gasteiger partial charge in [-0.1, -0.05) is 6.07 Å². The van der Waals surface area contributed by atoms with E-state index in [-0.39, 0.29) is 0 Å². The second-order valence-electron chi connectivity index (χ2n) is 4.24. The molecule has 0 saturated heterocycles. The highest BCUT2D eigenvalue weighted by molar-refractivity contribution is 5.79. The Balaban J connectivity index is 1.77. The molecular weight excluding hydrogens is 208 g/mol. The van der Waals surface area contributed by atoms with Crippen molar-refractivity contribution in [2.75, 3.05) is 6.54 Å². The summed E-state index contributed by atoms with van der Waals surface area (Å²) in [5.74, 6) is 2.66. The van der Waals surface area contributed by atoms with E-state index in [1.165, 1.54) is 16.5 Å². The van der Waals surface area contributed by atoms with E-state index in [2.05, 4.69) is 40.5 Å². The van der Waals surface area contributed by atoms with Gasteiger partial charge in [-0.3, -0.25) is 0 Å². The normalized spacial score (nSPS) is 10.5. The molecule has 2 heteroatoms. The Bertz CT molecular complexity index is 505. The molecule has 0 amide bonds. The van der Waals surface area contributed by atoms with Crippen molar-refractivity contribution in [2.45, 2.75) is 25.8 Å². The third kappa shape index (κ3) is 3.37. The Morgan fingerprint density at radius 2 is 2.18 bits per heavy atom. The maximum Gasteiger partial charge on any atom is 0.0454 e. The average Bonchev–Trinajstić information content (AvgIpc) is 2.81. The summed E-state index contributed by atoms with van der Waals surface area (Å²) in [4.78, 5) is 3.20. The van der Waals surface area contributed by atoms with E-state index in [1.54, 1.807) is 0 Å². The van der Waals surface area contributed by atoms with E-state index in [9.17, 15) is 0 Å². The lowest BCUT2D eigenvalue weighted by molar-refractivity contribution is 0.630. The van der Waals surface area contributed by atoms with E-state index in [0.717, 1.165) is 32.4 Å². The van der Waals surface area contributed by atoms with E-state index in [1.807, 2.05) is 6.20 Å². The number of benzene rings is 1. The van der Waals surface area contributed by atoms with Gasteiger partial charge >= 0.3 is 0 Å². The summed E-state index contributed by atoms with van der Waals surface area (Å²) in [5.41, 5.74) is 2.52. The molecule has 1 heterocycles. The van der Waals surface area contributed by atoms with E-state index in [0.29, 0.717) is 0 Å². The van der Waals surface area contributed by atoms with Crippen LogP contribution in [-0.4, -0.2) is 11.5 Å². The first-order chi connectivity index (χ1) is 8.40. The molecule has 1 aromatic carbocycles. The van der Waals surface area contributed by atoms with Gasteiger partial charge in [-0.05, 0) is 48.5 Å². The number of unbranched alkanes of at least 4 members (excludes halogenated alkanes) is 2. The molecule has 2 nitrogen and oxygen atoms in total. The topological polar surface area (TPSA) is 27.8 Å². The number of terminal acetylenes is 1. The first kappa shape index (κ1) is 11.8. The Morgan fingerprint density at radius 3 is 3.06 bits per heavy atom. The number of hydrogen-bond acceptors (Lipinski definition) is 1. The maximum atomic E-state index is 5.20. The lowest BCUT2D eigenvalue weighted by atomic mass is 10.1. The minimum absolute atomic E-state index is 0.886. The Labute approximate surface area is 102 Å². The third-order valence-corrected chi connectivity index (χ3v) is 2.87. The molecule has 0 atom stereocenters. The predicted octanol–water partition coefficient (Wildman–Crippen LogP) is 3.06. The van der Waals surface area contributed by atoms with E-state index >= 15 is 0 Å². The molecule has 0 aliphatic heterocycles. The van der Waals surface area contributed by atoms with Crippen molar-refractivity contribution in [1.82, 2.24) is 10.3 Å². The summed E-state index contributed by atoms with van der Waals surface area (Å²) < 4.78 is 0. The first-order valence-corrected chi connectivity index (χ1v) is 6.10. The zero-order valence-corrected chi connectivity index (χ0v) is 10.00. The van der Waals surface area contributed by atoms with Crippen LogP contribution in [0.3, 0.4) is 0 Å². The third-order valence-electron chi connectivity index (χ3n) is 2.87. The monoisotopic (exact) mass is 226 g/mol. The predicted molar refractivity (Wildman–Crippen MR) is 72.7 cm³/mol. The second kappa shape index (κ2) is 6.12. The van der Waals surface area contributed by atoms with Gasteiger partial charge in [0, 0.05) is 24.7 Å². The van der Waals surface area contributed by atoms with Crippen LogP contribution in [0.4, 0.5) is 0 Å². The largest absolute Gasteiger partial charge is 0.361 e. The number of hydrogen-bond donors (Lipinski definition) is 2. The molecule has 88 valence electrons. The van der Waals surface area contributed by atoms with Gasteiger partial charge in [-0.25, -0.2) is 0 Å².